The molecule has 1 atom stereocenters. The summed E-state index contributed by atoms with van der Waals surface area (Å²) < 4.78 is 22.4. The van der Waals surface area contributed by atoms with E-state index in [0.29, 0.717) is 6.42 Å². The molecule has 0 amide bonds. The number of hydrogen-bond donors (Lipinski definition) is 1. The van der Waals surface area contributed by atoms with E-state index in [1.54, 1.807) is 0 Å². The van der Waals surface area contributed by atoms with E-state index in [2.05, 4.69) is 24.3 Å². The zero-order valence-electron chi connectivity index (χ0n) is 11.5. The van der Waals surface area contributed by atoms with Crippen molar-refractivity contribution in [3.8, 4) is 0 Å². The fourth-order valence-corrected chi connectivity index (χ4v) is 3.73. The number of benzene rings is 1. The Labute approximate surface area is 116 Å². The Morgan fingerprint density at radius 2 is 1.89 bits per heavy atom. The summed E-state index contributed by atoms with van der Waals surface area (Å²) in [4.78, 5) is 0. The summed E-state index contributed by atoms with van der Waals surface area (Å²) in [5, 5.41) is 0. The van der Waals surface area contributed by atoms with Crippen LogP contribution >= 0.6 is 0 Å². The lowest BCUT2D eigenvalue weighted by Crippen LogP contribution is -2.50. The van der Waals surface area contributed by atoms with Gasteiger partial charge >= 0.3 is 0 Å². The molecule has 0 saturated heterocycles. The van der Waals surface area contributed by atoms with E-state index in [1.165, 1.54) is 18.2 Å². The molecule has 0 aromatic heterocycles. The van der Waals surface area contributed by atoms with Gasteiger partial charge in [0.05, 0.1) is 0 Å². The van der Waals surface area contributed by atoms with Gasteiger partial charge in [-0.3, -0.25) is 0 Å². The van der Waals surface area contributed by atoms with Crippen LogP contribution in [0.3, 0.4) is 0 Å². The monoisotopic (exact) mass is 281 g/mol. The summed E-state index contributed by atoms with van der Waals surface area (Å²) in [5.41, 5.74) is 7.78. The van der Waals surface area contributed by atoms with Gasteiger partial charge in [0.1, 0.15) is 9.84 Å². The lowest BCUT2D eigenvalue weighted by atomic mass is 9.59. The third-order valence-corrected chi connectivity index (χ3v) is 5.36. The first kappa shape index (κ1) is 14.5. The van der Waals surface area contributed by atoms with Crippen LogP contribution in [0.4, 0.5) is 0 Å². The lowest BCUT2D eigenvalue weighted by molar-refractivity contribution is 0.188. The Hall–Kier alpha value is -0.870. The topological polar surface area (TPSA) is 60.2 Å². The first-order valence-corrected chi connectivity index (χ1v) is 8.99. The summed E-state index contributed by atoms with van der Waals surface area (Å²) >= 11 is 0. The third kappa shape index (κ3) is 3.37. The van der Waals surface area contributed by atoms with Gasteiger partial charge in [0.2, 0.25) is 0 Å². The summed E-state index contributed by atoms with van der Waals surface area (Å²) in [7, 11) is -2.87. The van der Waals surface area contributed by atoms with Gasteiger partial charge in [-0.1, -0.05) is 36.8 Å². The molecular formula is C15H23NO2S. The molecule has 106 valence electrons. The fraction of sp³-hybridized carbons (Fsp3) is 0.600. The standard InChI is InChI=1S/C15H23NO2S/c1-19(17,18)12-5-9-14(16)15(10-6-11-15)13-7-3-2-4-8-13/h2-4,7-8,14H,5-6,9-12,16H2,1H3. The molecule has 4 heteroatoms. The highest BCUT2D eigenvalue weighted by Crippen LogP contribution is 2.46. The first-order chi connectivity index (χ1) is 8.94. The molecule has 1 aromatic carbocycles. The van der Waals surface area contributed by atoms with Gasteiger partial charge in [0, 0.05) is 23.5 Å². The smallest absolute Gasteiger partial charge is 0.147 e. The van der Waals surface area contributed by atoms with Crippen molar-refractivity contribution in [1.82, 2.24) is 0 Å². The van der Waals surface area contributed by atoms with Crippen molar-refractivity contribution in [2.24, 2.45) is 5.73 Å². The molecule has 1 saturated carbocycles. The SMILES string of the molecule is CS(=O)(=O)CCCC(N)C1(c2ccccc2)CCC1. The minimum atomic E-state index is -2.87. The van der Waals surface area contributed by atoms with E-state index < -0.39 is 9.84 Å². The Morgan fingerprint density at radius 1 is 1.26 bits per heavy atom. The minimum absolute atomic E-state index is 0.0606. The second kappa shape index (κ2) is 5.63. The van der Waals surface area contributed by atoms with Gasteiger partial charge in [-0.2, -0.15) is 0 Å². The van der Waals surface area contributed by atoms with E-state index in [9.17, 15) is 8.42 Å². The fourth-order valence-electron chi connectivity index (χ4n) is 3.04. The van der Waals surface area contributed by atoms with Crippen molar-refractivity contribution < 1.29 is 8.42 Å². The van der Waals surface area contributed by atoms with Crippen molar-refractivity contribution in [1.29, 1.82) is 0 Å². The van der Waals surface area contributed by atoms with E-state index in [4.69, 9.17) is 5.73 Å². The number of rotatable bonds is 6. The van der Waals surface area contributed by atoms with Gasteiger partial charge in [-0.15, -0.1) is 0 Å². The highest BCUT2D eigenvalue weighted by Gasteiger charge is 2.43. The Balaban J connectivity index is 2.02. The maximum absolute atomic E-state index is 11.2. The van der Waals surface area contributed by atoms with Crippen LogP contribution in [0.2, 0.25) is 0 Å². The maximum Gasteiger partial charge on any atom is 0.147 e. The van der Waals surface area contributed by atoms with Crippen LogP contribution in [0.25, 0.3) is 0 Å². The summed E-state index contributed by atoms with van der Waals surface area (Å²) in [6, 6.07) is 10.5. The maximum atomic E-state index is 11.2. The summed E-state index contributed by atoms with van der Waals surface area (Å²) in [6.07, 6.45) is 6.19. The predicted molar refractivity (Wildman–Crippen MR) is 78.9 cm³/mol. The van der Waals surface area contributed by atoms with E-state index in [1.807, 2.05) is 6.07 Å². The molecule has 1 aliphatic carbocycles. The van der Waals surface area contributed by atoms with Gasteiger partial charge in [0.25, 0.3) is 0 Å². The van der Waals surface area contributed by atoms with Gasteiger partial charge in [-0.25, -0.2) is 8.42 Å². The van der Waals surface area contributed by atoms with Gasteiger partial charge in [-0.05, 0) is 31.2 Å². The van der Waals surface area contributed by atoms with Crippen LogP contribution in [0.5, 0.6) is 0 Å². The normalized spacial score (nSPS) is 19.7. The molecule has 0 radical (unpaired) electrons. The van der Waals surface area contributed by atoms with Crippen molar-refractivity contribution in [2.45, 2.75) is 43.6 Å². The third-order valence-electron chi connectivity index (χ3n) is 4.33. The zero-order valence-corrected chi connectivity index (χ0v) is 12.3. The number of hydrogen-bond acceptors (Lipinski definition) is 3. The van der Waals surface area contributed by atoms with Crippen LogP contribution in [0.1, 0.15) is 37.7 Å². The molecule has 1 aromatic rings. The average molecular weight is 281 g/mol. The minimum Gasteiger partial charge on any atom is -0.327 e. The quantitative estimate of drug-likeness (QED) is 0.870. The molecule has 0 aliphatic heterocycles. The highest BCUT2D eigenvalue weighted by molar-refractivity contribution is 7.90. The van der Waals surface area contributed by atoms with Crippen LogP contribution in [0.15, 0.2) is 30.3 Å². The summed E-state index contributed by atoms with van der Waals surface area (Å²) in [5.74, 6) is 0.242. The Morgan fingerprint density at radius 3 is 2.37 bits per heavy atom. The highest BCUT2D eigenvalue weighted by atomic mass is 32.2. The second-order valence-corrected chi connectivity index (χ2v) is 8.01. The van der Waals surface area contributed by atoms with E-state index in [0.717, 1.165) is 19.3 Å². The van der Waals surface area contributed by atoms with Crippen molar-refractivity contribution >= 4 is 9.84 Å². The van der Waals surface area contributed by atoms with Crippen molar-refractivity contribution in [3.63, 3.8) is 0 Å². The molecule has 0 bridgehead atoms. The Kier molecular flexibility index (Phi) is 4.31. The number of sulfone groups is 1. The lowest BCUT2D eigenvalue weighted by Gasteiger charge is -2.47. The first-order valence-electron chi connectivity index (χ1n) is 6.93. The molecule has 2 rings (SSSR count). The van der Waals surface area contributed by atoms with Crippen LogP contribution in [0, 0.1) is 0 Å². The molecule has 1 fully saturated rings. The van der Waals surface area contributed by atoms with Gasteiger partial charge < -0.3 is 5.73 Å². The van der Waals surface area contributed by atoms with Crippen LogP contribution < -0.4 is 5.73 Å². The molecule has 0 heterocycles. The molecule has 1 aliphatic rings. The molecule has 0 spiro atoms. The average Bonchev–Trinajstić information content (AvgIpc) is 2.27. The van der Waals surface area contributed by atoms with Crippen molar-refractivity contribution in [2.75, 3.05) is 12.0 Å². The molecule has 2 N–H and O–H groups in total. The predicted octanol–water partition coefficient (Wildman–Crippen LogP) is 2.26. The zero-order chi connectivity index (χ0) is 13.9. The summed E-state index contributed by atoms with van der Waals surface area (Å²) in [6.45, 7) is 0. The molecule has 19 heavy (non-hydrogen) atoms. The van der Waals surface area contributed by atoms with Crippen LogP contribution in [-0.2, 0) is 15.3 Å². The van der Waals surface area contributed by atoms with Gasteiger partial charge in [0.15, 0.2) is 0 Å². The Bertz CT molecular complexity index is 506. The largest absolute Gasteiger partial charge is 0.327 e. The number of nitrogens with two attached hydrogens (primary N) is 1. The van der Waals surface area contributed by atoms with E-state index in [-0.39, 0.29) is 17.2 Å². The van der Waals surface area contributed by atoms with Crippen molar-refractivity contribution in [3.05, 3.63) is 35.9 Å². The van der Waals surface area contributed by atoms with E-state index >= 15 is 0 Å². The molecule has 3 nitrogen and oxygen atoms in total. The molecular weight excluding hydrogens is 258 g/mol. The second-order valence-electron chi connectivity index (χ2n) is 5.75. The van der Waals surface area contributed by atoms with Crippen LogP contribution in [-0.4, -0.2) is 26.5 Å². The molecule has 1 unspecified atom stereocenters.